The molecule has 3 aromatic rings. The number of nitrogens with zero attached hydrogens (tertiary/aromatic N) is 3. The molecule has 0 saturated carbocycles. The standard InChI is InChI=1S/C20H21F3N4OS/c1-4-27-17-8-6-5-7-16(17)25-19(27)29-12-18(28)24-15-10-9-13(26(2)3)11-14(15)20(21,22)23/h5-11H,4,12H2,1-3H3,(H,24,28). The largest absolute Gasteiger partial charge is 0.418 e. The predicted molar refractivity (Wildman–Crippen MR) is 111 cm³/mol. The van der Waals surface area contributed by atoms with Gasteiger partial charge in [-0.05, 0) is 37.3 Å². The van der Waals surface area contributed by atoms with Gasteiger partial charge in [-0.1, -0.05) is 23.9 Å². The molecule has 0 atom stereocenters. The number of thioether (sulfide) groups is 1. The van der Waals surface area contributed by atoms with Crippen LogP contribution in [0.2, 0.25) is 0 Å². The van der Waals surface area contributed by atoms with Crippen LogP contribution in [0.3, 0.4) is 0 Å². The molecule has 0 aliphatic rings. The van der Waals surface area contributed by atoms with Gasteiger partial charge < -0.3 is 14.8 Å². The molecular weight excluding hydrogens is 401 g/mol. The van der Waals surface area contributed by atoms with E-state index in [2.05, 4.69) is 10.3 Å². The number of halogens is 3. The molecule has 1 heterocycles. The number of hydrogen-bond acceptors (Lipinski definition) is 4. The SMILES string of the molecule is CCn1c(SCC(=O)Nc2ccc(N(C)C)cc2C(F)(F)F)nc2ccccc21. The molecule has 0 aliphatic heterocycles. The van der Waals surface area contributed by atoms with E-state index in [1.54, 1.807) is 19.0 Å². The van der Waals surface area contributed by atoms with Crippen LogP contribution < -0.4 is 10.2 Å². The lowest BCUT2D eigenvalue weighted by molar-refractivity contribution is -0.136. The Labute approximate surface area is 170 Å². The zero-order valence-electron chi connectivity index (χ0n) is 16.2. The van der Waals surface area contributed by atoms with E-state index in [-0.39, 0.29) is 11.4 Å². The maximum Gasteiger partial charge on any atom is 0.418 e. The summed E-state index contributed by atoms with van der Waals surface area (Å²) < 4.78 is 42.2. The summed E-state index contributed by atoms with van der Waals surface area (Å²) in [5.41, 5.74) is 1.05. The second kappa shape index (κ2) is 8.36. The minimum Gasteiger partial charge on any atom is -0.378 e. The van der Waals surface area contributed by atoms with E-state index in [0.29, 0.717) is 17.4 Å². The van der Waals surface area contributed by atoms with Gasteiger partial charge in [0.2, 0.25) is 5.91 Å². The summed E-state index contributed by atoms with van der Waals surface area (Å²) in [6, 6.07) is 11.5. The van der Waals surface area contributed by atoms with Crippen molar-refractivity contribution in [1.29, 1.82) is 0 Å². The van der Waals surface area contributed by atoms with Crippen LogP contribution in [0.1, 0.15) is 12.5 Å². The van der Waals surface area contributed by atoms with Crippen LogP contribution in [-0.4, -0.2) is 35.3 Å². The second-order valence-electron chi connectivity index (χ2n) is 6.59. The van der Waals surface area contributed by atoms with Crippen molar-refractivity contribution in [2.45, 2.75) is 24.8 Å². The summed E-state index contributed by atoms with van der Waals surface area (Å²) in [6.45, 7) is 2.65. The van der Waals surface area contributed by atoms with Crippen LogP contribution in [0, 0.1) is 0 Å². The Bertz CT molecular complexity index is 1030. The number of carbonyl (C=O) groups excluding carboxylic acids is 1. The molecule has 9 heteroatoms. The molecule has 29 heavy (non-hydrogen) atoms. The molecule has 5 nitrogen and oxygen atoms in total. The third-order valence-corrected chi connectivity index (χ3v) is 5.34. The van der Waals surface area contributed by atoms with E-state index >= 15 is 0 Å². The van der Waals surface area contributed by atoms with Gasteiger partial charge in [0.05, 0.1) is 28.0 Å². The molecule has 154 valence electrons. The highest BCUT2D eigenvalue weighted by molar-refractivity contribution is 7.99. The molecule has 2 aromatic carbocycles. The number of aromatic nitrogens is 2. The van der Waals surface area contributed by atoms with E-state index in [9.17, 15) is 18.0 Å². The maximum atomic E-state index is 13.4. The summed E-state index contributed by atoms with van der Waals surface area (Å²) >= 11 is 1.20. The first-order chi connectivity index (χ1) is 13.7. The molecule has 0 radical (unpaired) electrons. The van der Waals surface area contributed by atoms with Crippen molar-refractivity contribution >= 4 is 40.1 Å². The summed E-state index contributed by atoms with van der Waals surface area (Å²) in [4.78, 5) is 18.4. The number of rotatable bonds is 6. The number of para-hydroxylation sites is 2. The fourth-order valence-corrected chi connectivity index (χ4v) is 3.82. The predicted octanol–water partition coefficient (Wildman–Crippen LogP) is 4.87. The molecule has 1 aromatic heterocycles. The molecule has 1 amide bonds. The van der Waals surface area contributed by atoms with Crippen molar-refractivity contribution in [2.24, 2.45) is 0 Å². The van der Waals surface area contributed by atoms with Crippen molar-refractivity contribution in [2.75, 3.05) is 30.1 Å². The number of anilines is 2. The average molecular weight is 422 g/mol. The third kappa shape index (κ3) is 4.67. The summed E-state index contributed by atoms with van der Waals surface area (Å²) in [7, 11) is 3.31. The highest BCUT2D eigenvalue weighted by Crippen LogP contribution is 2.37. The highest BCUT2D eigenvalue weighted by Gasteiger charge is 2.34. The van der Waals surface area contributed by atoms with Gasteiger partial charge >= 0.3 is 6.18 Å². The monoisotopic (exact) mass is 422 g/mol. The summed E-state index contributed by atoms with van der Waals surface area (Å²) in [5.74, 6) is -0.566. The van der Waals surface area contributed by atoms with E-state index < -0.39 is 17.6 Å². The molecule has 0 unspecified atom stereocenters. The number of benzene rings is 2. The Balaban J connectivity index is 1.76. The number of imidazole rings is 1. The molecule has 0 spiro atoms. The molecule has 0 saturated heterocycles. The zero-order chi connectivity index (χ0) is 21.2. The number of fused-ring (bicyclic) bond motifs is 1. The fraction of sp³-hybridized carbons (Fsp3) is 0.300. The van der Waals surface area contributed by atoms with Gasteiger partial charge in [-0.2, -0.15) is 13.2 Å². The Morgan fingerprint density at radius 1 is 1.21 bits per heavy atom. The van der Waals surface area contributed by atoms with Crippen LogP contribution in [0.4, 0.5) is 24.5 Å². The molecule has 1 N–H and O–H groups in total. The lowest BCUT2D eigenvalue weighted by Gasteiger charge is -2.18. The van der Waals surface area contributed by atoms with Crippen LogP contribution in [-0.2, 0) is 17.5 Å². The van der Waals surface area contributed by atoms with E-state index in [0.717, 1.165) is 17.1 Å². The number of hydrogen-bond donors (Lipinski definition) is 1. The van der Waals surface area contributed by atoms with Gasteiger partial charge in [0, 0.05) is 26.3 Å². The molecular formula is C20H21F3N4OS. The van der Waals surface area contributed by atoms with Crippen LogP contribution in [0.25, 0.3) is 11.0 Å². The first-order valence-corrected chi connectivity index (χ1v) is 9.95. The van der Waals surface area contributed by atoms with E-state index in [4.69, 9.17) is 0 Å². The molecule has 0 fully saturated rings. The number of alkyl halides is 3. The Morgan fingerprint density at radius 3 is 2.59 bits per heavy atom. The van der Waals surface area contributed by atoms with Gasteiger partial charge in [0.15, 0.2) is 5.16 Å². The van der Waals surface area contributed by atoms with E-state index in [1.165, 1.54) is 23.9 Å². The van der Waals surface area contributed by atoms with Gasteiger partial charge in [-0.25, -0.2) is 4.98 Å². The Hall–Kier alpha value is -2.68. The average Bonchev–Trinajstić information content (AvgIpc) is 3.03. The number of aryl methyl sites for hydroxylation is 1. The lowest BCUT2D eigenvalue weighted by atomic mass is 10.1. The van der Waals surface area contributed by atoms with Crippen molar-refractivity contribution in [3.05, 3.63) is 48.0 Å². The van der Waals surface area contributed by atoms with E-state index in [1.807, 2.05) is 35.8 Å². The second-order valence-corrected chi connectivity index (χ2v) is 7.53. The zero-order valence-corrected chi connectivity index (χ0v) is 17.1. The lowest BCUT2D eigenvalue weighted by Crippen LogP contribution is -2.19. The van der Waals surface area contributed by atoms with Gasteiger partial charge in [0.25, 0.3) is 0 Å². The van der Waals surface area contributed by atoms with Crippen molar-refractivity contribution < 1.29 is 18.0 Å². The first-order valence-electron chi connectivity index (χ1n) is 8.97. The van der Waals surface area contributed by atoms with Crippen LogP contribution in [0.15, 0.2) is 47.6 Å². The highest BCUT2D eigenvalue weighted by atomic mass is 32.2. The van der Waals surface area contributed by atoms with Gasteiger partial charge in [0.1, 0.15) is 0 Å². The Morgan fingerprint density at radius 2 is 1.93 bits per heavy atom. The van der Waals surface area contributed by atoms with Crippen molar-refractivity contribution in [3.8, 4) is 0 Å². The van der Waals surface area contributed by atoms with Gasteiger partial charge in [-0.3, -0.25) is 4.79 Å². The minimum atomic E-state index is -4.57. The topological polar surface area (TPSA) is 50.2 Å². The number of nitrogens with one attached hydrogen (secondary N) is 1. The van der Waals surface area contributed by atoms with Crippen molar-refractivity contribution in [3.63, 3.8) is 0 Å². The maximum absolute atomic E-state index is 13.4. The van der Waals surface area contributed by atoms with Crippen LogP contribution >= 0.6 is 11.8 Å². The number of carbonyl (C=O) groups is 1. The Kier molecular flexibility index (Phi) is 6.07. The van der Waals surface area contributed by atoms with Gasteiger partial charge in [-0.15, -0.1) is 0 Å². The minimum absolute atomic E-state index is 0.0456. The normalized spacial score (nSPS) is 11.7. The third-order valence-electron chi connectivity index (χ3n) is 4.37. The van der Waals surface area contributed by atoms with Crippen LogP contribution in [0.5, 0.6) is 0 Å². The van der Waals surface area contributed by atoms with Crippen molar-refractivity contribution in [1.82, 2.24) is 9.55 Å². The smallest absolute Gasteiger partial charge is 0.378 e. The molecule has 3 rings (SSSR count). The quantitative estimate of drug-likeness (QED) is 0.576. The first kappa shape index (κ1) is 21.0. The number of amides is 1. The molecule has 0 bridgehead atoms. The summed E-state index contributed by atoms with van der Waals surface area (Å²) in [5, 5.41) is 3.04. The fourth-order valence-electron chi connectivity index (χ4n) is 2.94. The molecule has 0 aliphatic carbocycles. The summed E-state index contributed by atoms with van der Waals surface area (Å²) in [6.07, 6.45) is -4.57.